The molecule has 0 radical (unpaired) electrons. The molecule has 0 aromatic heterocycles. The largest absolute Gasteiger partial charge is 0.382 e. The fraction of sp³-hybridized carbons (Fsp3) is 0.435. The van der Waals surface area contributed by atoms with Crippen LogP contribution in [0.2, 0.25) is 5.02 Å². The van der Waals surface area contributed by atoms with E-state index in [0.29, 0.717) is 22.7 Å². The maximum Gasteiger partial charge on any atom is 0.306 e. The fourth-order valence-corrected chi connectivity index (χ4v) is 4.07. The molecule has 1 amide bonds. The molecule has 0 unspecified atom stereocenters. The topological polar surface area (TPSA) is 66.9 Å². The molecule has 0 atom stereocenters. The Kier molecular flexibility index (Phi) is 8.77. The third-order valence-electron chi connectivity index (χ3n) is 4.76. The zero-order valence-corrected chi connectivity index (χ0v) is 20.3. The van der Waals surface area contributed by atoms with Crippen LogP contribution in [0.25, 0.3) is 0 Å². The predicted molar refractivity (Wildman–Crippen MR) is 127 cm³/mol. The summed E-state index contributed by atoms with van der Waals surface area (Å²) < 4.78 is 29.1. The number of carbonyl (C=O) groups is 1. The number of carbonyl (C=O) groups excluding carboxylic acids is 1. The number of halogens is 1. The van der Waals surface area contributed by atoms with Crippen LogP contribution in [0, 0.1) is 5.92 Å². The molecule has 0 aliphatic carbocycles. The van der Waals surface area contributed by atoms with Gasteiger partial charge in [0.05, 0.1) is 16.8 Å². The Hall–Kier alpha value is -2.25. The number of benzene rings is 2. The SMILES string of the molecule is CCN(CC)c1ccc(CN(CC(C)C)C(=O)c2ccccc2Cl)c(OS(C)(=O)=O)c1. The van der Waals surface area contributed by atoms with Gasteiger partial charge < -0.3 is 14.0 Å². The van der Waals surface area contributed by atoms with Gasteiger partial charge in [-0.3, -0.25) is 4.79 Å². The Balaban J connectivity index is 2.47. The van der Waals surface area contributed by atoms with Gasteiger partial charge in [0, 0.05) is 43.5 Å². The van der Waals surface area contributed by atoms with Crippen LogP contribution in [0.3, 0.4) is 0 Å². The Morgan fingerprint density at radius 2 is 1.74 bits per heavy atom. The first-order valence-electron chi connectivity index (χ1n) is 10.4. The van der Waals surface area contributed by atoms with Crippen molar-refractivity contribution in [2.45, 2.75) is 34.2 Å². The summed E-state index contributed by atoms with van der Waals surface area (Å²) in [7, 11) is -3.74. The van der Waals surface area contributed by atoms with Gasteiger partial charge in [0.25, 0.3) is 5.91 Å². The third-order valence-corrected chi connectivity index (χ3v) is 5.57. The second kappa shape index (κ2) is 10.9. The van der Waals surface area contributed by atoms with E-state index in [-0.39, 0.29) is 24.1 Å². The molecule has 2 rings (SSSR count). The van der Waals surface area contributed by atoms with Gasteiger partial charge in [0.15, 0.2) is 0 Å². The summed E-state index contributed by atoms with van der Waals surface area (Å²) in [4.78, 5) is 17.0. The van der Waals surface area contributed by atoms with Crippen molar-refractivity contribution in [1.29, 1.82) is 0 Å². The smallest absolute Gasteiger partial charge is 0.306 e. The molecule has 0 saturated carbocycles. The van der Waals surface area contributed by atoms with E-state index in [9.17, 15) is 13.2 Å². The van der Waals surface area contributed by atoms with Gasteiger partial charge >= 0.3 is 10.1 Å². The maximum atomic E-state index is 13.2. The number of rotatable bonds is 10. The Bertz CT molecular complexity index is 1000. The highest BCUT2D eigenvalue weighted by molar-refractivity contribution is 7.86. The lowest BCUT2D eigenvalue weighted by Gasteiger charge is -2.27. The molecule has 170 valence electrons. The van der Waals surface area contributed by atoms with E-state index in [4.69, 9.17) is 15.8 Å². The van der Waals surface area contributed by atoms with Crippen molar-refractivity contribution in [1.82, 2.24) is 4.90 Å². The summed E-state index contributed by atoms with van der Waals surface area (Å²) in [5.74, 6) is 0.228. The first-order chi connectivity index (χ1) is 14.6. The van der Waals surface area contributed by atoms with E-state index < -0.39 is 10.1 Å². The average Bonchev–Trinajstić information content (AvgIpc) is 2.68. The minimum atomic E-state index is -3.74. The highest BCUT2D eigenvalue weighted by atomic mass is 35.5. The van der Waals surface area contributed by atoms with Crippen LogP contribution in [0.1, 0.15) is 43.6 Å². The molecule has 0 spiro atoms. The molecule has 6 nitrogen and oxygen atoms in total. The number of hydrogen-bond acceptors (Lipinski definition) is 5. The molecular weight excluding hydrogens is 436 g/mol. The highest BCUT2D eigenvalue weighted by Gasteiger charge is 2.22. The summed E-state index contributed by atoms with van der Waals surface area (Å²) in [5.41, 5.74) is 1.89. The fourth-order valence-electron chi connectivity index (χ4n) is 3.37. The molecule has 8 heteroatoms. The monoisotopic (exact) mass is 466 g/mol. The van der Waals surface area contributed by atoms with Gasteiger partial charge in [0.2, 0.25) is 0 Å². The second-order valence-electron chi connectivity index (χ2n) is 7.81. The van der Waals surface area contributed by atoms with Gasteiger partial charge in [0.1, 0.15) is 5.75 Å². The first kappa shape index (κ1) is 25.0. The molecule has 31 heavy (non-hydrogen) atoms. The van der Waals surface area contributed by atoms with E-state index >= 15 is 0 Å². The van der Waals surface area contributed by atoms with Crippen LogP contribution in [-0.2, 0) is 16.7 Å². The summed E-state index contributed by atoms with van der Waals surface area (Å²) >= 11 is 6.25. The summed E-state index contributed by atoms with van der Waals surface area (Å²) in [6.45, 7) is 10.3. The third kappa shape index (κ3) is 7.14. The van der Waals surface area contributed by atoms with Crippen molar-refractivity contribution < 1.29 is 17.4 Å². The standard InChI is InChI=1S/C23H31ClN2O4S/c1-6-25(7-2)19-13-12-18(22(14-19)30-31(5,28)29)16-26(15-17(3)4)23(27)20-10-8-9-11-21(20)24/h8-14,17H,6-7,15-16H2,1-5H3. The summed E-state index contributed by atoms with van der Waals surface area (Å²) in [5, 5.41) is 0.380. The van der Waals surface area contributed by atoms with Crippen molar-refractivity contribution in [2.75, 3.05) is 30.8 Å². The van der Waals surface area contributed by atoms with Crippen LogP contribution in [0.15, 0.2) is 42.5 Å². The predicted octanol–water partition coefficient (Wildman–Crippen LogP) is 4.82. The lowest BCUT2D eigenvalue weighted by Crippen LogP contribution is -2.34. The van der Waals surface area contributed by atoms with Crippen LogP contribution >= 0.6 is 11.6 Å². The van der Waals surface area contributed by atoms with E-state index in [0.717, 1.165) is 25.0 Å². The van der Waals surface area contributed by atoms with E-state index in [1.807, 2.05) is 39.8 Å². The minimum Gasteiger partial charge on any atom is -0.382 e. The number of hydrogen-bond donors (Lipinski definition) is 0. The number of anilines is 1. The molecule has 0 aliphatic heterocycles. The van der Waals surface area contributed by atoms with Gasteiger partial charge in [-0.15, -0.1) is 0 Å². The second-order valence-corrected chi connectivity index (χ2v) is 9.79. The Labute approximate surface area is 190 Å². The lowest BCUT2D eigenvalue weighted by atomic mass is 10.1. The van der Waals surface area contributed by atoms with Crippen LogP contribution in [0.4, 0.5) is 5.69 Å². The number of nitrogens with zero attached hydrogens (tertiary/aromatic N) is 2. The van der Waals surface area contributed by atoms with Crippen molar-refractivity contribution in [3.8, 4) is 5.75 Å². The molecule has 0 N–H and O–H groups in total. The first-order valence-corrected chi connectivity index (χ1v) is 12.6. The maximum absolute atomic E-state index is 13.2. The molecular formula is C23H31ClN2O4S. The summed E-state index contributed by atoms with van der Waals surface area (Å²) in [6.07, 6.45) is 1.02. The van der Waals surface area contributed by atoms with E-state index in [1.165, 1.54) is 0 Å². The van der Waals surface area contributed by atoms with E-state index in [2.05, 4.69) is 4.90 Å². The van der Waals surface area contributed by atoms with Crippen LogP contribution in [-0.4, -0.2) is 45.1 Å². The van der Waals surface area contributed by atoms with Crippen LogP contribution in [0.5, 0.6) is 5.75 Å². The highest BCUT2D eigenvalue weighted by Crippen LogP contribution is 2.29. The zero-order valence-electron chi connectivity index (χ0n) is 18.8. The minimum absolute atomic E-state index is 0.200. The van der Waals surface area contributed by atoms with Gasteiger partial charge in [-0.1, -0.05) is 43.6 Å². The molecule has 0 heterocycles. The summed E-state index contributed by atoms with van der Waals surface area (Å²) in [6, 6.07) is 12.4. The molecule has 0 bridgehead atoms. The number of amides is 1. The van der Waals surface area contributed by atoms with Crippen molar-refractivity contribution in [2.24, 2.45) is 5.92 Å². The van der Waals surface area contributed by atoms with Gasteiger partial charge in [-0.2, -0.15) is 8.42 Å². The molecule has 2 aromatic carbocycles. The lowest BCUT2D eigenvalue weighted by molar-refractivity contribution is 0.0722. The zero-order chi connectivity index (χ0) is 23.2. The normalized spacial score (nSPS) is 11.5. The van der Waals surface area contributed by atoms with Crippen molar-refractivity contribution >= 4 is 33.3 Å². The van der Waals surface area contributed by atoms with Crippen molar-refractivity contribution in [3.05, 3.63) is 58.6 Å². The molecule has 2 aromatic rings. The van der Waals surface area contributed by atoms with Gasteiger partial charge in [-0.25, -0.2) is 0 Å². The van der Waals surface area contributed by atoms with Crippen LogP contribution < -0.4 is 9.08 Å². The van der Waals surface area contributed by atoms with Gasteiger partial charge in [-0.05, 0) is 38.0 Å². The molecule has 0 saturated heterocycles. The van der Waals surface area contributed by atoms with E-state index in [1.54, 1.807) is 35.2 Å². The molecule has 0 fully saturated rings. The molecule has 0 aliphatic rings. The quantitative estimate of drug-likeness (QED) is 0.469. The Morgan fingerprint density at radius 1 is 1.10 bits per heavy atom. The average molecular weight is 467 g/mol. The Morgan fingerprint density at radius 3 is 2.29 bits per heavy atom. The van der Waals surface area contributed by atoms with Crippen molar-refractivity contribution in [3.63, 3.8) is 0 Å².